The van der Waals surface area contributed by atoms with Gasteiger partial charge in [0.15, 0.2) is 0 Å². The van der Waals surface area contributed by atoms with E-state index in [4.69, 9.17) is 9.74 Å². The normalized spacial score (nSPS) is 22.9. The van der Waals surface area contributed by atoms with Crippen molar-refractivity contribution < 1.29 is 19.3 Å². The number of carbonyl (C=O) groups excluding carboxylic acids is 2. The predicted octanol–water partition coefficient (Wildman–Crippen LogP) is 1.45. The van der Waals surface area contributed by atoms with Gasteiger partial charge in [-0.05, 0) is 60.1 Å². The summed E-state index contributed by atoms with van der Waals surface area (Å²) >= 11 is 0. The van der Waals surface area contributed by atoms with Crippen LogP contribution in [0.15, 0.2) is 22.8 Å². The molecule has 4 rings (SSSR count). The Bertz CT molecular complexity index is 836. The molecule has 2 fully saturated rings. The van der Waals surface area contributed by atoms with E-state index >= 15 is 0 Å². The molecule has 2 saturated heterocycles. The Morgan fingerprint density at radius 3 is 2.93 bits per heavy atom. The first-order valence-electron chi connectivity index (χ1n) is 9.59. The summed E-state index contributed by atoms with van der Waals surface area (Å²) in [6.45, 7) is 2.16. The lowest BCUT2D eigenvalue weighted by Gasteiger charge is -2.47. The zero-order chi connectivity index (χ0) is 18.8. The summed E-state index contributed by atoms with van der Waals surface area (Å²) in [7, 11) is 0. The highest BCUT2D eigenvalue weighted by atomic mass is 16.6. The number of carbonyl (C=O) groups is 2. The molecule has 2 aliphatic heterocycles. The van der Waals surface area contributed by atoms with Crippen LogP contribution in [0.25, 0.3) is 11.0 Å². The SMILES string of the molecule is O=C(c1ccc2nonc2c1)N1CC[C@@H]2[C@@H](CCC(=O)N2CCCCO)C1. The van der Waals surface area contributed by atoms with Crippen LogP contribution in [0, 0.1) is 5.92 Å². The maximum atomic E-state index is 12.9. The maximum Gasteiger partial charge on any atom is 0.253 e. The minimum Gasteiger partial charge on any atom is -0.396 e. The highest BCUT2D eigenvalue weighted by molar-refractivity contribution is 5.97. The van der Waals surface area contributed by atoms with E-state index in [1.165, 1.54) is 0 Å². The van der Waals surface area contributed by atoms with Crippen molar-refractivity contribution in [2.45, 2.75) is 38.1 Å². The van der Waals surface area contributed by atoms with Crippen molar-refractivity contribution in [1.82, 2.24) is 20.1 Å². The zero-order valence-electron chi connectivity index (χ0n) is 15.2. The molecule has 0 radical (unpaired) electrons. The molecule has 2 amide bonds. The fraction of sp³-hybridized carbons (Fsp3) is 0.579. The first-order valence-corrected chi connectivity index (χ1v) is 9.59. The topological polar surface area (TPSA) is 99.8 Å². The summed E-state index contributed by atoms with van der Waals surface area (Å²) in [4.78, 5) is 29.1. The van der Waals surface area contributed by atoms with Crippen LogP contribution < -0.4 is 0 Å². The molecule has 1 aromatic heterocycles. The van der Waals surface area contributed by atoms with Crippen molar-refractivity contribution >= 4 is 22.8 Å². The minimum atomic E-state index is -0.0120. The minimum absolute atomic E-state index is 0.0120. The van der Waals surface area contributed by atoms with Gasteiger partial charge in [0.1, 0.15) is 11.0 Å². The van der Waals surface area contributed by atoms with Crippen LogP contribution in [-0.2, 0) is 4.79 Å². The van der Waals surface area contributed by atoms with Gasteiger partial charge in [-0.1, -0.05) is 0 Å². The van der Waals surface area contributed by atoms with Gasteiger partial charge in [0.25, 0.3) is 5.91 Å². The third-order valence-corrected chi connectivity index (χ3v) is 5.74. The lowest BCUT2D eigenvalue weighted by atomic mass is 9.83. The molecule has 8 nitrogen and oxygen atoms in total. The number of hydrogen-bond acceptors (Lipinski definition) is 6. The van der Waals surface area contributed by atoms with Crippen molar-refractivity contribution in [1.29, 1.82) is 0 Å². The molecule has 0 aliphatic carbocycles. The molecule has 2 aliphatic rings. The molecule has 1 aromatic carbocycles. The molecule has 0 spiro atoms. The van der Waals surface area contributed by atoms with E-state index < -0.39 is 0 Å². The van der Waals surface area contributed by atoms with Crippen LogP contribution >= 0.6 is 0 Å². The second kappa shape index (κ2) is 7.64. The number of hydrogen-bond donors (Lipinski definition) is 1. The fourth-order valence-corrected chi connectivity index (χ4v) is 4.32. The number of aliphatic hydroxyl groups excluding tert-OH is 1. The third kappa shape index (κ3) is 3.53. The van der Waals surface area contributed by atoms with E-state index in [9.17, 15) is 9.59 Å². The van der Waals surface area contributed by atoms with Crippen molar-refractivity contribution in [3.05, 3.63) is 23.8 Å². The lowest BCUT2D eigenvalue weighted by Crippen LogP contribution is -2.57. The van der Waals surface area contributed by atoms with E-state index in [2.05, 4.69) is 10.3 Å². The number of benzene rings is 1. The van der Waals surface area contributed by atoms with Gasteiger partial charge in [0.2, 0.25) is 5.91 Å². The number of likely N-dealkylation sites (tertiary alicyclic amines) is 2. The molecule has 0 bridgehead atoms. The van der Waals surface area contributed by atoms with Crippen LogP contribution in [-0.4, -0.2) is 69.3 Å². The number of amides is 2. The Kier molecular flexibility index (Phi) is 5.07. The van der Waals surface area contributed by atoms with Crippen LogP contribution in [0.4, 0.5) is 0 Å². The Balaban J connectivity index is 1.44. The largest absolute Gasteiger partial charge is 0.396 e. The zero-order valence-corrected chi connectivity index (χ0v) is 15.2. The van der Waals surface area contributed by atoms with Crippen molar-refractivity contribution in [2.24, 2.45) is 5.92 Å². The predicted molar refractivity (Wildman–Crippen MR) is 96.9 cm³/mol. The van der Waals surface area contributed by atoms with Crippen LogP contribution in [0.5, 0.6) is 0 Å². The summed E-state index contributed by atoms with van der Waals surface area (Å²) < 4.78 is 4.70. The van der Waals surface area contributed by atoms with Gasteiger partial charge in [-0.2, -0.15) is 0 Å². The second-order valence-corrected chi connectivity index (χ2v) is 7.39. The molecule has 8 heteroatoms. The Hall–Kier alpha value is -2.48. The molecule has 27 heavy (non-hydrogen) atoms. The van der Waals surface area contributed by atoms with Gasteiger partial charge in [0.05, 0.1) is 0 Å². The maximum absolute atomic E-state index is 12.9. The first kappa shape index (κ1) is 17.9. The summed E-state index contributed by atoms with van der Waals surface area (Å²) in [5.41, 5.74) is 1.80. The van der Waals surface area contributed by atoms with E-state index in [1.807, 2.05) is 9.80 Å². The highest BCUT2D eigenvalue weighted by Crippen LogP contribution is 2.32. The second-order valence-electron chi connectivity index (χ2n) is 7.39. The molecule has 2 aromatic rings. The number of nitrogens with zero attached hydrogens (tertiary/aromatic N) is 4. The van der Waals surface area contributed by atoms with Crippen LogP contribution in [0.3, 0.4) is 0 Å². The average Bonchev–Trinajstić information content (AvgIpc) is 3.16. The van der Waals surface area contributed by atoms with Gasteiger partial charge in [-0.25, -0.2) is 4.63 Å². The van der Waals surface area contributed by atoms with Gasteiger partial charge in [-0.15, -0.1) is 0 Å². The van der Waals surface area contributed by atoms with Gasteiger partial charge < -0.3 is 14.9 Å². The average molecular weight is 372 g/mol. The first-order chi connectivity index (χ1) is 13.2. The smallest absolute Gasteiger partial charge is 0.253 e. The van der Waals surface area contributed by atoms with Crippen LogP contribution in [0.1, 0.15) is 42.5 Å². The molecular formula is C19H24N4O4. The van der Waals surface area contributed by atoms with Crippen molar-refractivity contribution in [3.63, 3.8) is 0 Å². The molecule has 144 valence electrons. The lowest BCUT2D eigenvalue weighted by molar-refractivity contribution is -0.140. The Morgan fingerprint density at radius 1 is 1.22 bits per heavy atom. The summed E-state index contributed by atoms with van der Waals surface area (Å²) in [5, 5.41) is 16.6. The Morgan fingerprint density at radius 2 is 2.07 bits per heavy atom. The molecule has 3 heterocycles. The number of rotatable bonds is 5. The molecule has 1 N–H and O–H groups in total. The quantitative estimate of drug-likeness (QED) is 0.798. The van der Waals surface area contributed by atoms with E-state index in [-0.39, 0.29) is 24.5 Å². The van der Waals surface area contributed by atoms with Gasteiger partial charge in [0, 0.05) is 44.3 Å². The van der Waals surface area contributed by atoms with Crippen molar-refractivity contribution in [3.8, 4) is 0 Å². The number of fused-ring (bicyclic) bond motifs is 2. The standard InChI is InChI=1S/C19H24N4O4/c24-10-2-1-8-23-17-7-9-22(12-14(17)4-6-18(23)25)19(26)13-3-5-15-16(11-13)21-27-20-15/h3,5,11,14,17,24H,1-2,4,6-10,12H2/t14-,17+/m0/s1. The highest BCUT2D eigenvalue weighted by Gasteiger charge is 2.40. The molecule has 0 unspecified atom stereocenters. The van der Waals surface area contributed by atoms with E-state index in [0.29, 0.717) is 55.0 Å². The van der Waals surface area contributed by atoms with Gasteiger partial charge in [-0.3, -0.25) is 9.59 Å². The molecule has 0 saturated carbocycles. The number of unbranched alkanes of at least 4 members (excludes halogenated alkanes) is 1. The number of aromatic nitrogens is 2. The van der Waals surface area contributed by atoms with Gasteiger partial charge >= 0.3 is 0 Å². The Labute approximate surface area is 157 Å². The van der Waals surface area contributed by atoms with E-state index in [1.54, 1.807) is 18.2 Å². The monoisotopic (exact) mass is 372 g/mol. The van der Waals surface area contributed by atoms with Crippen molar-refractivity contribution in [2.75, 3.05) is 26.2 Å². The third-order valence-electron chi connectivity index (χ3n) is 5.74. The van der Waals surface area contributed by atoms with Crippen LogP contribution in [0.2, 0.25) is 0 Å². The molecule has 2 atom stereocenters. The number of aliphatic hydroxyl groups is 1. The number of piperidine rings is 2. The fourth-order valence-electron chi connectivity index (χ4n) is 4.32. The molecular weight excluding hydrogens is 348 g/mol. The summed E-state index contributed by atoms with van der Waals surface area (Å²) in [5.74, 6) is 0.506. The summed E-state index contributed by atoms with van der Waals surface area (Å²) in [6, 6.07) is 5.42. The van der Waals surface area contributed by atoms with E-state index in [0.717, 1.165) is 19.3 Å². The summed E-state index contributed by atoms with van der Waals surface area (Å²) in [6.07, 6.45) is 3.70.